The number of thioether (sulfide) groups is 1. The number of hydrogen-bond acceptors (Lipinski definition) is 6. The first-order valence-electron chi connectivity index (χ1n) is 8.74. The number of ether oxygens (including phenoxy) is 1. The SMILES string of the molecule is COc1cccc(NC(=O)C(=O)NC[C@H](c2ccoc2)N2CCSCC2)c1. The quantitative estimate of drug-likeness (QED) is 0.737. The molecule has 1 aromatic carbocycles. The molecule has 0 unspecified atom stereocenters. The summed E-state index contributed by atoms with van der Waals surface area (Å²) in [4.78, 5) is 26.8. The van der Waals surface area contributed by atoms with Crippen molar-refractivity contribution in [2.45, 2.75) is 6.04 Å². The fourth-order valence-electron chi connectivity index (χ4n) is 2.97. The molecule has 7 nitrogen and oxygen atoms in total. The van der Waals surface area contributed by atoms with Gasteiger partial charge >= 0.3 is 11.8 Å². The van der Waals surface area contributed by atoms with Crippen molar-refractivity contribution < 1.29 is 18.7 Å². The number of amides is 2. The van der Waals surface area contributed by atoms with Gasteiger partial charge in [0.25, 0.3) is 0 Å². The molecule has 1 saturated heterocycles. The molecule has 2 heterocycles. The summed E-state index contributed by atoms with van der Waals surface area (Å²) < 4.78 is 10.3. The van der Waals surface area contributed by atoms with Gasteiger partial charge in [0, 0.05) is 48.5 Å². The van der Waals surface area contributed by atoms with E-state index in [0.717, 1.165) is 30.2 Å². The summed E-state index contributed by atoms with van der Waals surface area (Å²) in [5, 5.41) is 5.33. The molecule has 8 heteroatoms. The Morgan fingerprint density at radius 2 is 2.07 bits per heavy atom. The molecule has 1 aliphatic heterocycles. The number of anilines is 1. The Balaban J connectivity index is 1.58. The first kappa shape index (κ1) is 19.3. The van der Waals surface area contributed by atoms with E-state index >= 15 is 0 Å². The minimum absolute atomic E-state index is 0.0155. The van der Waals surface area contributed by atoms with Crippen molar-refractivity contribution in [3.8, 4) is 5.75 Å². The number of nitrogens with one attached hydrogen (secondary N) is 2. The molecule has 27 heavy (non-hydrogen) atoms. The summed E-state index contributed by atoms with van der Waals surface area (Å²) in [5.74, 6) is 1.34. The van der Waals surface area contributed by atoms with Crippen molar-refractivity contribution >= 4 is 29.3 Å². The largest absolute Gasteiger partial charge is 0.497 e. The van der Waals surface area contributed by atoms with Crippen molar-refractivity contribution in [2.75, 3.05) is 43.6 Å². The van der Waals surface area contributed by atoms with Crippen LogP contribution in [0, 0.1) is 0 Å². The second-order valence-corrected chi connectivity index (χ2v) is 7.34. The number of methoxy groups -OCH3 is 1. The Bertz CT molecular complexity index is 760. The predicted molar refractivity (Wildman–Crippen MR) is 105 cm³/mol. The van der Waals surface area contributed by atoms with E-state index < -0.39 is 11.8 Å². The summed E-state index contributed by atoms with van der Waals surface area (Å²) >= 11 is 1.92. The fourth-order valence-corrected chi connectivity index (χ4v) is 3.90. The van der Waals surface area contributed by atoms with E-state index in [1.165, 1.54) is 0 Å². The number of carbonyl (C=O) groups excluding carboxylic acids is 2. The first-order valence-corrected chi connectivity index (χ1v) is 9.90. The third-order valence-electron chi connectivity index (χ3n) is 4.40. The molecule has 3 rings (SSSR count). The second-order valence-electron chi connectivity index (χ2n) is 6.12. The van der Waals surface area contributed by atoms with Crippen molar-refractivity contribution in [2.24, 2.45) is 0 Å². The predicted octanol–water partition coefficient (Wildman–Crippen LogP) is 2.13. The molecule has 0 spiro atoms. The maximum absolute atomic E-state index is 12.3. The summed E-state index contributed by atoms with van der Waals surface area (Å²) in [6.45, 7) is 2.22. The summed E-state index contributed by atoms with van der Waals surface area (Å²) in [7, 11) is 1.54. The Morgan fingerprint density at radius 3 is 2.78 bits per heavy atom. The second kappa shape index (κ2) is 9.48. The molecule has 1 aliphatic rings. The highest BCUT2D eigenvalue weighted by Gasteiger charge is 2.25. The standard InChI is InChI=1S/C19H23N3O4S/c1-25-16-4-2-3-15(11-16)21-19(24)18(23)20-12-17(14-5-8-26-13-14)22-6-9-27-10-7-22/h2-5,8,11,13,17H,6-7,9-10,12H2,1H3,(H,20,23)(H,21,24)/t17-/m1/s1. The van der Waals surface area contributed by atoms with Crippen LogP contribution in [-0.2, 0) is 9.59 Å². The van der Waals surface area contributed by atoms with Crippen LogP contribution < -0.4 is 15.4 Å². The number of hydrogen-bond donors (Lipinski definition) is 2. The third kappa shape index (κ3) is 5.27. The Labute approximate surface area is 162 Å². The lowest BCUT2D eigenvalue weighted by Crippen LogP contribution is -2.44. The van der Waals surface area contributed by atoms with Gasteiger partial charge in [0.1, 0.15) is 5.75 Å². The third-order valence-corrected chi connectivity index (χ3v) is 5.35. The van der Waals surface area contributed by atoms with Crippen LogP contribution >= 0.6 is 11.8 Å². The summed E-state index contributed by atoms with van der Waals surface area (Å²) in [5.41, 5.74) is 1.50. The molecule has 2 amide bonds. The fraction of sp³-hybridized carbons (Fsp3) is 0.368. The number of carbonyl (C=O) groups is 2. The van der Waals surface area contributed by atoms with E-state index in [1.807, 2.05) is 17.8 Å². The summed E-state index contributed by atoms with van der Waals surface area (Å²) in [6.07, 6.45) is 3.31. The van der Waals surface area contributed by atoms with Crippen molar-refractivity contribution in [1.29, 1.82) is 0 Å². The van der Waals surface area contributed by atoms with Gasteiger partial charge in [-0.3, -0.25) is 14.5 Å². The van der Waals surface area contributed by atoms with E-state index in [0.29, 0.717) is 18.0 Å². The minimum atomic E-state index is -0.705. The summed E-state index contributed by atoms with van der Waals surface area (Å²) in [6, 6.07) is 8.75. The van der Waals surface area contributed by atoms with E-state index in [2.05, 4.69) is 15.5 Å². The van der Waals surface area contributed by atoms with Crippen LogP contribution in [0.5, 0.6) is 5.75 Å². The molecule has 2 aromatic rings. The zero-order valence-electron chi connectivity index (χ0n) is 15.1. The molecule has 2 N–H and O–H groups in total. The van der Waals surface area contributed by atoms with E-state index in [9.17, 15) is 9.59 Å². The van der Waals surface area contributed by atoms with Gasteiger partial charge in [-0.05, 0) is 18.2 Å². The zero-order valence-corrected chi connectivity index (χ0v) is 16.0. The maximum Gasteiger partial charge on any atom is 0.313 e. The van der Waals surface area contributed by atoms with Gasteiger partial charge in [-0.2, -0.15) is 11.8 Å². The number of nitrogens with zero attached hydrogens (tertiary/aromatic N) is 1. The molecule has 0 saturated carbocycles. The van der Waals surface area contributed by atoms with Gasteiger partial charge in [0.05, 0.1) is 25.7 Å². The van der Waals surface area contributed by atoms with Gasteiger partial charge in [0.2, 0.25) is 0 Å². The molecule has 1 aromatic heterocycles. The van der Waals surface area contributed by atoms with Crippen LogP contribution in [0.4, 0.5) is 5.69 Å². The molecular weight excluding hydrogens is 366 g/mol. The highest BCUT2D eigenvalue weighted by Crippen LogP contribution is 2.24. The Hall–Kier alpha value is -2.45. The van der Waals surface area contributed by atoms with Crippen LogP contribution in [0.15, 0.2) is 47.3 Å². The normalized spacial score (nSPS) is 15.7. The number of rotatable bonds is 6. The number of furan rings is 1. The molecule has 1 fully saturated rings. The molecule has 1 atom stereocenters. The first-order chi connectivity index (χ1) is 13.2. The Morgan fingerprint density at radius 1 is 1.26 bits per heavy atom. The zero-order chi connectivity index (χ0) is 19.1. The van der Waals surface area contributed by atoms with E-state index in [-0.39, 0.29) is 6.04 Å². The van der Waals surface area contributed by atoms with E-state index in [4.69, 9.17) is 9.15 Å². The average Bonchev–Trinajstić information content (AvgIpc) is 3.23. The van der Waals surface area contributed by atoms with Crippen LogP contribution in [0.25, 0.3) is 0 Å². The molecular formula is C19H23N3O4S. The number of benzene rings is 1. The van der Waals surface area contributed by atoms with Gasteiger partial charge < -0.3 is 19.8 Å². The lowest BCUT2D eigenvalue weighted by molar-refractivity contribution is -0.136. The molecule has 0 radical (unpaired) electrons. The van der Waals surface area contributed by atoms with Crippen molar-refractivity contribution in [1.82, 2.24) is 10.2 Å². The van der Waals surface area contributed by atoms with Crippen LogP contribution in [0.2, 0.25) is 0 Å². The Kier molecular flexibility index (Phi) is 6.78. The van der Waals surface area contributed by atoms with Crippen molar-refractivity contribution in [3.63, 3.8) is 0 Å². The highest BCUT2D eigenvalue weighted by molar-refractivity contribution is 7.99. The molecule has 0 aliphatic carbocycles. The van der Waals surface area contributed by atoms with Gasteiger partial charge in [-0.25, -0.2) is 0 Å². The van der Waals surface area contributed by atoms with Crippen LogP contribution in [-0.4, -0.2) is 55.0 Å². The topological polar surface area (TPSA) is 83.8 Å². The maximum atomic E-state index is 12.3. The smallest absolute Gasteiger partial charge is 0.313 e. The molecule has 0 bridgehead atoms. The molecule has 144 valence electrons. The van der Waals surface area contributed by atoms with Gasteiger partial charge in [-0.1, -0.05) is 6.07 Å². The van der Waals surface area contributed by atoms with Crippen LogP contribution in [0.3, 0.4) is 0 Å². The van der Waals surface area contributed by atoms with Gasteiger partial charge in [0.15, 0.2) is 0 Å². The highest BCUT2D eigenvalue weighted by atomic mass is 32.2. The van der Waals surface area contributed by atoms with E-state index in [1.54, 1.807) is 43.9 Å². The lowest BCUT2D eigenvalue weighted by Gasteiger charge is -2.33. The average molecular weight is 389 g/mol. The van der Waals surface area contributed by atoms with Gasteiger partial charge in [-0.15, -0.1) is 0 Å². The lowest BCUT2D eigenvalue weighted by atomic mass is 10.1. The van der Waals surface area contributed by atoms with Crippen LogP contribution in [0.1, 0.15) is 11.6 Å². The van der Waals surface area contributed by atoms with Crippen molar-refractivity contribution in [3.05, 3.63) is 48.4 Å². The monoisotopic (exact) mass is 389 g/mol. The minimum Gasteiger partial charge on any atom is -0.497 e.